The van der Waals surface area contributed by atoms with E-state index in [-0.39, 0.29) is 12.2 Å². The Bertz CT molecular complexity index is 776. The molecule has 8 atom stereocenters. The highest BCUT2D eigenvalue weighted by Crippen LogP contribution is 2.67. The van der Waals surface area contributed by atoms with Crippen molar-refractivity contribution < 1.29 is 9.53 Å². The molecule has 0 aromatic carbocycles. The van der Waals surface area contributed by atoms with E-state index in [1.165, 1.54) is 57.8 Å². The van der Waals surface area contributed by atoms with Gasteiger partial charge in [0.15, 0.2) is 0 Å². The van der Waals surface area contributed by atoms with E-state index >= 15 is 0 Å². The predicted octanol–water partition coefficient (Wildman–Crippen LogP) is 7.64. The van der Waals surface area contributed by atoms with Crippen LogP contribution in [0.3, 0.4) is 0 Å². The first-order chi connectivity index (χ1) is 16.5. The van der Waals surface area contributed by atoms with Crippen molar-refractivity contribution in [3.8, 4) is 0 Å². The second-order valence-corrected chi connectivity index (χ2v) is 14.0. The number of nitrogens with one attached hydrogen (secondary N) is 1. The molecule has 3 saturated carbocycles. The minimum atomic E-state index is -0.269. The van der Waals surface area contributed by atoms with Gasteiger partial charge < -0.3 is 10.1 Å². The maximum absolute atomic E-state index is 12.2. The van der Waals surface area contributed by atoms with Gasteiger partial charge in [-0.3, -0.25) is 4.90 Å². The van der Waals surface area contributed by atoms with Crippen molar-refractivity contribution in [1.82, 2.24) is 10.2 Å². The van der Waals surface area contributed by atoms with Crippen LogP contribution in [-0.2, 0) is 4.74 Å². The normalized spacial score (nSPS) is 39.5. The summed E-state index contributed by atoms with van der Waals surface area (Å²) >= 11 is 0. The Morgan fingerprint density at radius 2 is 1.86 bits per heavy atom. The predicted molar refractivity (Wildman–Crippen MR) is 145 cm³/mol. The van der Waals surface area contributed by atoms with Gasteiger partial charge in [-0.05, 0) is 105 Å². The molecular formula is C31H54N2O2. The largest absolute Gasteiger partial charge is 0.446 e. The van der Waals surface area contributed by atoms with E-state index in [0.29, 0.717) is 17.5 Å². The standard InChI is InChI=1S/C31H54N2O2/c1-21(2)9-8-10-22(3)26-13-14-27-25-12-11-23-19-24(35-29(34)32-20-33(6)7)15-17-30(23,4)28(25)16-18-31(26,27)5/h11,21-22,24-28H,8-10,12-20H2,1-7H3,(H,32,34)/t22?,24-,25?,26+,27?,28?,30-,31+/m0/s1. The molecule has 35 heavy (non-hydrogen) atoms. The molecule has 0 heterocycles. The Labute approximate surface area is 216 Å². The fraction of sp³-hybridized carbons (Fsp3) is 0.903. The maximum atomic E-state index is 12.2. The van der Waals surface area contributed by atoms with Gasteiger partial charge in [0, 0.05) is 6.42 Å². The van der Waals surface area contributed by atoms with Crippen molar-refractivity contribution in [3.63, 3.8) is 0 Å². The molecule has 200 valence electrons. The third-order valence-electron chi connectivity index (χ3n) is 11.1. The molecule has 1 N–H and O–H groups in total. The highest BCUT2D eigenvalue weighted by Gasteiger charge is 2.59. The molecule has 0 aromatic rings. The molecule has 1 amide bonds. The summed E-state index contributed by atoms with van der Waals surface area (Å²) in [7, 11) is 3.90. The Morgan fingerprint density at radius 1 is 1.09 bits per heavy atom. The summed E-state index contributed by atoms with van der Waals surface area (Å²) in [5.41, 5.74) is 2.45. The molecule has 4 nitrogen and oxygen atoms in total. The number of fused-ring (bicyclic) bond motifs is 5. The number of amides is 1. The van der Waals surface area contributed by atoms with Crippen LogP contribution in [0, 0.1) is 46.3 Å². The number of hydrogen-bond donors (Lipinski definition) is 1. The van der Waals surface area contributed by atoms with Crippen molar-refractivity contribution in [2.24, 2.45) is 46.3 Å². The van der Waals surface area contributed by atoms with E-state index in [4.69, 9.17) is 4.74 Å². The van der Waals surface area contributed by atoms with Gasteiger partial charge in [0.1, 0.15) is 6.10 Å². The Balaban J connectivity index is 1.40. The van der Waals surface area contributed by atoms with E-state index < -0.39 is 0 Å². The molecule has 3 fully saturated rings. The van der Waals surface area contributed by atoms with Crippen molar-refractivity contribution in [2.45, 2.75) is 111 Å². The Hall–Kier alpha value is -1.03. The zero-order chi connectivity index (χ0) is 25.4. The highest BCUT2D eigenvalue weighted by molar-refractivity contribution is 5.67. The molecule has 4 unspecified atom stereocenters. The lowest BCUT2D eigenvalue weighted by atomic mass is 9.47. The first kappa shape index (κ1) is 27.0. The smallest absolute Gasteiger partial charge is 0.408 e. The number of ether oxygens (including phenoxy) is 1. The van der Waals surface area contributed by atoms with Crippen LogP contribution in [0.1, 0.15) is 105 Å². The zero-order valence-corrected chi connectivity index (χ0v) is 23.9. The van der Waals surface area contributed by atoms with Crippen LogP contribution < -0.4 is 5.32 Å². The second-order valence-electron chi connectivity index (χ2n) is 14.0. The third-order valence-corrected chi connectivity index (χ3v) is 11.1. The molecule has 0 saturated heterocycles. The first-order valence-electron chi connectivity index (χ1n) is 14.8. The Morgan fingerprint density at radius 3 is 2.57 bits per heavy atom. The highest BCUT2D eigenvalue weighted by atomic mass is 16.6. The lowest BCUT2D eigenvalue weighted by Gasteiger charge is -2.58. The number of rotatable bonds is 8. The van der Waals surface area contributed by atoms with Crippen LogP contribution in [-0.4, -0.2) is 37.9 Å². The van der Waals surface area contributed by atoms with E-state index in [0.717, 1.165) is 48.3 Å². The molecule has 4 heteroatoms. The number of hydrogen-bond acceptors (Lipinski definition) is 3. The summed E-state index contributed by atoms with van der Waals surface area (Å²) in [6.07, 6.45) is 16.7. The van der Waals surface area contributed by atoms with Crippen LogP contribution in [0.15, 0.2) is 11.6 Å². The van der Waals surface area contributed by atoms with E-state index in [1.807, 2.05) is 19.0 Å². The molecule has 0 bridgehead atoms. The molecule has 4 aliphatic rings. The summed E-state index contributed by atoms with van der Waals surface area (Å²) in [6, 6.07) is 0. The lowest BCUT2D eigenvalue weighted by Crippen LogP contribution is -2.51. The molecule has 0 radical (unpaired) electrons. The maximum Gasteiger partial charge on any atom is 0.408 e. The SMILES string of the molecule is CC(C)CCCC(C)[C@H]1CCC2C3CC=C4C[C@@H](OC(=O)NCN(C)C)CC[C@]4(C)C3CC[C@@]21C. The molecule has 4 rings (SSSR count). The van der Waals surface area contributed by atoms with Gasteiger partial charge in [0.2, 0.25) is 0 Å². The number of allylic oxidation sites excluding steroid dienone is 1. The van der Waals surface area contributed by atoms with Gasteiger partial charge in [0.05, 0.1) is 6.67 Å². The fourth-order valence-electron chi connectivity index (χ4n) is 9.17. The van der Waals surface area contributed by atoms with Crippen molar-refractivity contribution in [3.05, 3.63) is 11.6 Å². The van der Waals surface area contributed by atoms with Gasteiger partial charge in [-0.25, -0.2) is 4.79 Å². The van der Waals surface area contributed by atoms with Crippen LogP contribution in [0.5, 0.6) is 0 Å². The van der Waals surface area contributed by atoms with Crippen LogP contribution >= 0.6 is 0 Å². The van der Waals surface area contributed by atoms with Crippen LogP contribution in [0.2, 0.25) is 0 Å². The second kappa shape index (κ2) is 10.8. The zero-order valence-electron chi connectivity index (χ0n) is 23.9. The Kier molecular flexibility index (Phi) is 8.30. The number of alkyl carbamates (subject to hydrolysis) is 1. The van der Waals surface area contributed by atoms with E-state index in [9.17, 15) is 4.79 Å². The van der Waals surface area contributed by atoms with E-state index in [2.05, 4.69) is 46.0 Å². The average molecular weight is 487 g/mol. The molecular weight excluding hydrogens is 432 g/mol. The topological polar surface area (TPSA) is 41.6 Å². The van der Waals surface area contributed by atoms with Crippen LogP contribution in [0.25, 0.3) is 0 Å². The first-order valence-corrected chi connectivity index (χ1v) is 14.8. The monoisotopic (exact) mass is 486 g/mol. The lowest BCUT2D eigenvalue weighted by molar-refractivity contribution is -0.0582. The van der Waals surface area contributed by atoms with Gasteiger partial charge in [0.25, 0.3) is 0 Å². The summed E-state index contributed by atoms with van der Waals surface area (Å²) in [6.45, 7) is 13.1. The minimum absolute atomic E-state index is 0.0319. The van der Waals surface area contributed by atoms with Crippen molar-refractivity contribution in [2.75, 3.05) is 20.8 Å². The minimum Gasteiger partial charge on any atom is -0.446 e. The number of nitrogens with zero attached hydrogens (tertiary/aromatic N) is 1. The van der Waals surface area contributed by atoms with Gasteiger partial charge in [-0.15, -0.1) is 0 Å². The quantitative estimate of drug-likeness (QED) is 0.283. The van der Waals surface area contributed by atoms with Gasteiger partial charge in [-0.2, -0.15) is 0 Å². The fourth-order valence-corrected chi connectivity index (χ4v) is 9.17. The van der Waals surface area contributed by atoms with Crippen molar-refractivity contribution >= 4 is 6.09 Å². The molecule has 4 aliphatic carbocycles. The third kappa shape index (κ3) is 5.48. The number of carbonyl (C=O) groups excluding carboxylic acids is 1. The summed E-state index contributed by atoms with van der Waals surface area (Å²) < 4.78 is 5.83. The van der Waals surface area contributed by atoms with Crippen molar-refractivity contribution in [1.29, 1.82) is 0 Å². The number of carbonyl (C=O) groups is 1. The summed E-state index contributed by atoms with van der Waals surface area (Å²) in [5.74, 6) is 5.20. The molecule has 0 aliphatic heterocycles. The van der Waals surface area contributed by atoms with Gasteiger partial charge >= 0.3 is 6.09 Å². The van der Waals surface area contributed by atoms with Crippen LogP contribution in [0.4, 0.5) is 4.79 Å². The average Bonchev–Trinajstić information content (AvgIpc) is 3.15. The molecule has 0 spiro atoms. The molecule has 0 aromatic heterocycles. The van der Waals surface area contributed by atoms with E-state index in [1.54, 1.807) is 5.57 Å². The summed E-state index contributed by atoms with van der Waals surface area (Å²) in [5, 5.41) is 2.86. The van der Waals surface area contributed by atoms with Gasteiger partial charge in [-0.1, -0.05) is 65.5 Å². The summed E-state index contributed by atoms with van der Waals surface area (Å²) in [4.78, 5) is 14.2.